The first-order valence-electron chi connectivity index (χ1n) is 5.28. The standard InChI is InChI=1S/C10H14ClNO4S2/c1-3-16-9(13)6-7(2)12-18(14,15)10-5-4-8(11)17-10/h4-5,7,12H,3,6H2,1-2H3. The van der Waals surface area contributed by atoms with Gasteiger partial charge in [0, 0.05) is 6.04 Å². The summed E-state index contributed by atoms with van der Waals surface area (Å²) in [4.78, 5) is 11.2. The first kappa shape index (κ1) is 15.4. The summed E-state index contributed by atoms with van der Waals surface area (Å²) in [6, 6.07) is 2.40. The topological polar surface area (TPSA) is 72.5 Å². The maximum Gasteiger partial charge on any atom is 0.307 e. The Labute approximate surface area is 115 Å². The summed E-state index contributed by atoms with van der Waals surface area (Å²) < 4.78 is 31.4. The molecule has 0 amide bonds. The average Bonchev–Trinajstić information content (AvgIpc) is 2.64. The van der Waals surface area contributed by atoms with Gasteiger partial charge in [-0.1, -0.05) is 11.6 Å². The molecule has 0 aliphatic heterocycles. The lowest BCUT2D eigenvalue weighted by Gasteiger charge is -2.12. The predicted octanol–water partition coefficient (Wildman–Crippen LogP) is 2.02. The molecule has 1 aromatic heterocycles. The van der Waals surface area contributed by atoms with Crippen LogP contribution in [0.5, 0.6) is 0 Å². The molecule has 0 saturated heterocycles. The van der Waals surface area contributed by atoms with E-state index in [0.29, 0.717) is 4.34 Å². The van der Waals surface area contributed by atoms with Crippen LogP contribution in [0.15, 0.2) is 16.3 Å². The van der Waals surface area contributed by atoms with Crippen LogP contribution in [-0.2, 0) is 19.6 Å². The molecule has 8 heteroatoms. The molecule has 0 aliphatic rings. The van der Waals surface area contributed by atoms with Crippen molar-refractivity contribution in [3.8, 4) is 0 Å². The fourth-order valence-corrected chi connectivity index (χ4v) is 4.02. The highest BCUT2D eigenvalue weighted by Gasteiger charge is 2.21. The molecule has 102 valence electrons. The molecule has 1 N–H and O–H groups in total. The molecule has 0 bridgehead atoms. The third-order valence-electron chi connectivity index (χ3n) is 1.95. The Bertz CT molecular complexity index is 512. The minimum atomic E-state index is -3.62. The fourth-order valence-electron chi connectivity index (χ4n) is 1.28. The summed E-state index contributed by atoms with van der Waals surface area (Å²) in [5, 5.41) is 0. The molecule has 0 aromatic carbocycles. The molecule has 1 rings (SSSR count). The molecular weight excluding hydrogens is 298 g/mol. The molecule has 1 heterocycles. The van der Waals surface area contributed by atoms with Gasteiger partial charge in [-0.05, 0) is 26.0 Å². The second kappa shape index (κ2) is 6.51. The summed E-state index contributed by atoms with van der Waals surface area (Å²) >= 11 is 6.65. The number of nitrogens with one attached hydrogen (secondary N) is 1. The number of carbonyl (C=O) groups is 1. The Balaban J connectivity index is 2.63. The van der Waals surface area contributed by atoms with E-state index in [4.69, 9.17) is 16.3 Å². The Hall–Kier alpha value is -0.630. The number of halogens is 1. The zero-order valence-corrected chi connectivity index (χ0v) is 12.4. The van der Waals surface area contributed by atoms with E-state index in [9.17, 15) is 13.2 Å². The van der Waals surface area contributed by atoms with Crippen LogP contribution in [0.4, 0.5) is 0 Å². The number of hydrogen-bond acceptors (Lipinski definition) is 5. The predicted molar refractivity (Wildman–Crippen MR) is 70.4 cm³/mol. The maximum absolute atomic E-state index is 11.9. The smallest absolute Gasteiger partial charge is 0.307 e. The Morgan fingerprint density at radius 3 is 2.72 bits per heavy atom. The van der Waals surface area contributed by atoms with Gasteiger partial charge < -0.3 is 4.74 Å². The lowest BCUT2D eigenvalue weighted by molar-refractivity contribution is -0.143. The minimum absolute atomic E-state index is 0.00776. The summed E-state index contributed by atoms with van der Waals surface area (Å²) in [7, 11) is -3.62. The highest BCUT2D eigenvalue weighted by Crippen LogP contribution is 2.25. The van der Waals surface area contributed by atoms with E-state index in [2.05, 4.69) is 4.72 Å². The van der Waals surface area contributed by atoms with Crippen molar-refractivity contribution in [3.63, 3.8) is 0 Å². The minimum Gasteiger partial charge on any atom is -0.466 e. The van der Waals surface area contributed by atoms with E-state index in [-0.39, 0.29) is 17.2 Å². The van der Waals surface area contributed by atoms with Crippen LogP contribution >= 0.6 is 22.9 Å². The van der Waals surface area contributed by atoms with Gasteiger partial charge in [0.2, 0.25) is 10.0 Å². The second-order valence-corrected chi connectivity index (χ2v) is 7.25. The number of sulfonamides is 1. The highest BCUT2D eigenvalue weighted by molar-refractivity contribution is 7.91. The summed E-state index contributed by atoms with van der Waals surface area (Å²) in [5.74, 6) is -0.433. The SMILES string of the molecule is CCOC(=O)CC(C)NS(=O)(=O)c1ccc(Cl)s1. The van der Waals surface area contributed by atoms with Crippen molar-refractivity contribution >= 4 is 38.9 Å². The van der Waals surface area contributed by atoms with Gasteiger partial charge in [0.15, 0.2) is 0 Å². The van der Waals surface area contributed by atoms with E-state index in [1.807, 2.05) is 0 Å². The lowest BCUT2D eigenvalue weighted by Crippen LogP contribution is -2.34. The molecule has 0 aliphatic carbocycles. The first-order chi connectivity index (χ1) is 8.35. The summed E-state index contributed by atoms with van der Waals surface area (Å²) in [6.07, 6.45) is -0.00776. The normalized spacial score (nSPS) is 13.3. The quantitative estimate of drug-likeness (QED) is 0.816. The average molecular weight is 312 g/mol. The fraction of sp³-hybridized carbons (Fsp3) is 0.500. The molecule has 0 spiro atoms. The molecule has 18 heavy (non-hydrogen) atoms. The van der Waals surface area contributed by atoms with Crippen LogP contribution in [-0.4, -0.2) is 27.0 Å². The van der Waals surface area contributed by atoms with Crippen molar-refractivity contribution in [1.82, 2.24) is 4.72 Å². The third-order valence-corrected chi connectivity index (χ3v) is 5.26. The van der Waals surface area contributed by atoms with Gasteiger partial charge in [-0.2, -0.15) is 0 Å². The van der Waals surface area contributed by atoms with E-state index >= 15 is 0 Å². The third kappa shape index (κ3) is 4.56. The molecule has 0 saturated carbocycles. The summed E-state index contributed by atoms with van der Waals surface area (Å²) in [5.41, 5.74) is 0. The molecule has 0 fully saturated rings. The van der Waals surface area contributed by atoms with Crippen molar-refractivity contribution in [2.75, 3.05) is 6.61 Å². The lowest BCUT2D eigenvalue weighted by atomic mass is 10.3. The zero-order chi connectivity index (χ0) is 13.8. The van der Waals surface area contributed by atoms with Crippen molar-refractivity contribution in [3.05, 3.63) is 16.5 Å². The van der Waals surface area contributed by atoms with Crippen LogP contribution in [0.2, 0.25) is 4.34 Å². The monoisotopic (exact) mass is 311 g/mol. The van der Waals surface area contributed by atoms with Crippen molar-refractivity contribution < 1.29 is 17.9 Å². The second-order valence-electron chi connectivity index (χ2n) is 3.59. The van der Waals surface area contributed by atoms with Gasteiger partial charge in [0.1, 0.15) is 4.21 Å². The Kier molecular flexibility index (Phi) is 5.58. The van der Waals surface area contributed by atoms with Crippen LogP contribution in [0, 0.1) is 0 Å². The zero-order valence-electron chi connectivity index (χ0n) is 9.97. The maximum atomic E-state index is 11.9. The Morgan fingerprint density at radius 1 is 1.56 bits per heavy atom. The van der Waals surface area contributed by atoms with E-state index in [1.165, 1.54) is 12.1 Å². The van der Waals surface area contributed by atoms with Gasteiger partial charge in [-0.15, -0.1) is 11.3 Å². The highest BCUT2D eigenvalue weighted by atomic mass is 35.5. The van der Waals surface area contributed by atoms with Crippen LogP contribution in [0.3, 0.4) is 0 Å². The number of esters is 1. The molecule has 1 unspecified atom stereocenters. The number of carbonyl (C=O) groups excluding carboxylic acids is 1. The van der Waals surface area contributed by atoms with Crippen LogP contribution in [0.25, 0.3) is 0 Å². The number of thiophene rings is 1. The number of ether oxygens (including phenoxy) is 1. The van der Waals surface area contributed by atoms with Crippen LogP contribution < -0.4 is 4.72 Å². The van der Waals surface area contributed by atoms with E-state index < -0.39 is 22.0 Å². The summed E-state index contributed by atoms with van der Waals surface area (Å²) in [6.45, 7) is 3.57. The van der Waals surface area contributed by atoms with Crippen LogP contribution in [0.1, 0.15) is 20.3 Å². The van der Waals surface area contributed by atoms with Crippen molar-refractivity contribution in [2.45, 2.75) is 30.5 Å². The number of rotatable bonds is 6. The first-order valence-corrected chi connectivity index (χ1v) is 7.96. The molecular formula is C10H14ClNO4S2. The van der Waals surface area contributed by atoms with Crippen molar-refractivity contribution in [2.24, 2.45) is 0 Å². The van der Waals surface area contributed by atoms with Crippen molar-refractivity contribution in [1.29, 1.82) is 0 Å². The van der Waals surface area contributed by atoms with Gasteiger partial charge in [-0.25, -0.2) is 13.1 Å². The molecule has 1 atom stereocenters. The number of hydrogen-bond donors (Lipinski definition) is 1. The van der Waals surface area contributed by atoms with E-state index in [0.717, 1.165) is 11.3 Å². The Morgan fingerprint density at radius 2 is 2.22 bits per heavy atom. The van der Waals surface area contributed by atoms with Gasteiger partial charge in [-0.3, -0.25) is 4.79 Å². The van der Waals surface area contributed by atoms with Gasteiger partial charge >= 0.3 is 5.97 Å². The molecule has 5 nitrogen and oxygen atoms in total. The van der Waals surface area contributed by atoms with Gasteiger partial charge in [0.25, 0.3) is 0 Å². The van der Waals surface area contributed by atoms with E-state index in [1.54, 1.807) is 13.8 Å². The molecule has 1 aromatic rings. The molecule has 0 radical (unpaired) electrons. The largest absolute Gasteiger partial charge is 0.466 e. The van der Waals surface area contributed by atoms with Gasteiger partial charge in [0.05, 0.1) is 17.4 Å².